The minimum atomic E-state index is -0.566. The molecule has 0 radical (unpaired) electrons. The van der Waals surface area contributed by atoms with Crippen LogP contribution < -0.4 is 0 Å². The number of rotatable bonds is 7. The van der Waals surface area contributed by atoms with Gasteiger partial charge in [0.25, 0.3) is 0 Å². The summed E-state index contributed by atoms with van der Waals surface area (Å²) in [6, 6.07) is 24.4. The molecule has 0 N–H and O–H groups in total. The average molecular weight is 423 g/mol. The fraction of sp³-hybridized carbons (Fsp3) is 0.0769. The van der Waals surface area contributed by atoms with E-state index in [0.717, 1.165) is 22.5 Å². The van der Waals surface area contributed by atoms with Gasteiger partial charge >= 0.3 is 5.97 Å². The van der Waals surface area contributed by atoms with Crippen LogP contribution in [0.2, 0.25) is 0 Å². The third-order valence-corrected chi connectivity index (χ3v) is 4.89. The maximum Gasteiger partial charge on any atom is 0.331 e. The second kappa shape index (κ2) is 9.66. The number of hydrogen-bond donors (Lipinski definition) is 0. The maximum atomic E-state index is 12.4. The predicted molar refractivity (Wildman–Crippen MR) is 122 cm³/mol. The van der Waals surface area contributed by atoms with E-state index in [4.69, 9.17) is 4.74 Å². The summed E-state index contributed by atoms with van der Waals surface area (Å²) in [5, 5.41) is 8.19. The lowest BCUT2D eigenvalue weighted by molar-refractivity contribution is -0.136. The molecule has 1 heterocycles. The summed E-state index contributed by atoms with van der Waals surface area (Å²) >= 11 is 0. The fourth-order valence-electron chi connectivity index (χ4n) is 3.13. The van der Waals surface area contributed by atoms with E-state index in [1.165, 1.54) is 11.6 Å². The Hall–Kier alpha value is -4.32. The molecule has 6 nitrogen and oxygen atoms in total. The van der Waals surface area contributed by atoms with Crippen LogP contribution in [0.1, 0.15) is 21.5 Å². The number of Topliss-reactive ketones (excluding diaryl/α,β-unsaturated/α-hetero) is 1. The van der Waals surface area contributed by atoms with Crippen molar-refractivity contribution in [3.63, 3.8) is 0 Å². The number of ketones is 1. The Bertz CT molecular complexity index is 1240. The molecule has 3 aromatic carbocycles. The highest BCUT2D eigenvalue weighted by Gasteiger charge is 2.12. The number of aromatic nitrogens is 3. The molecule has 6 heteroatoms. The van der Waals surface area contributed by atoms with Crippen molar-refractivity contribution in [2.45, 2.75) is 6.92 Å². The number of benzene rings is 3. The van der Waals surface area contributed by atoms with Gasteiger partial charge in [-0.1, -0.05) is 65.4 Å². The van der Waals surface area contributed by atoms with E-state index in [1.807, 2.05) is 61.5 Å². The minimum Gasteiger partial charge on any atom is -0.454 e. The van der Waals surface area contributed by atoms with Crippen LogP contribution in [-0.2, 0) is 9.53 Å². The molecule has 0 amide bonds. The second-order valence-electron chi connectivity index (χ2n) is 7.22. The topological polar surface area (TPSA) is 74.1 Å². The lowest BCUT2D eigenvalue weighted by atomic mass is 10.1. The fourth-order valence-corrected chi connectivity index (χ4v) is 3.13. The molecule has 0 aliphatic heterocycles. The Kier molecular flexibility index (Phi) is 6.32. The van der Waals surface area contributed by atoms with E-state index < -0.39 is 5.97 Å². The zero-order valence-corrected chi connectivity index (χ0v) is 17.5. The monoisotopic (exact) mass is 423 g/mol. The van der Waals surface area contributed by atoms with Gasteiger partial charge in [-0.3, -0.25) is 4.79 Å². The van der Waals surface area contributed by atoms with Gasteiger partial charge < -0.3 is 4.74 Å². The average Bonchev–Trinajstić information content (AvgIpc) is 3.32. The van der Waals surface area contributed by atoms with Gasteiger partial charge in [-0.05, 0) is 42.8 Å². The summed E-state index contributed by atoms with van der Waals surface area (Å²) in [6.45, 7) is 1.71. The molecular formula is C26H21N3O3. The number of nitrogens with zero attached hydrogens (tertiary/aromatic N) is 3. The first-order valence-electron chi connectivity index (χ1n) is 10.1. The molecule has 0 unspecified atom stereocenters. The molecule has 0 aliphatic rings. The molecular weight excluding hydrogens is 402 g/mol. The van der Waals surface area contributed by atoms with Gasteiger partial charge in [0.15, 0.2) is 12.4 Å². The Balaban J connectivity index is 1.39. The van der Waals surface area contributed by atoms with Crippen LogP contribution in [0.25, 0.3) is 23.0 Å². The minimum absolute atomic E-state index is 0.282. The first-order valence-corrected chi connectivity index (χ1v) is 10.1. The quantitative estimate of drug-likeness (QED) is 0.245. The van der Waals surface area contributed by atoms with Gasteiger partial charge in [-0.2, -0.15) is 0 Å². The van der Waals surface area contributed by atoms with Crippen LogP contribution in [-0.4, -0.2) is 33.4 Å². The molecule has 4 aromatic rings. The van der Waals surface area contributed by atoms with Gasteiger partial charge in [0.1, 0.15) is 0 Å². The Morgan fingerprint density at radius 3 is 2.38 bits per heavy atom. The van der Waals surface area contributed by atoms with Gasteiger partial charge in [-0.15, -0.1) is 5.10 Å². The Morgan fingerprint density at radius 2 is 1.66 bits per heavy atom. The highest BCUT2D eigenvalue weighted by Crippen LogP contribution is 2.22. The van der Waals surface area contributed by atoms with E-state index in [9.17, 15) is 9.59 Å². The van der Waals surface area contributed by atoms with E-state index in [-0.39, 0.29) is 12.4 Å². The molecule has 158 valence electrons. The van der Waals surface area contributed by atoms with Crippen LogP contribution in [0.15, 0.2) is 91.1 Å². The van der Waals surface area contributed by atoms with Crippen LogP contribution >= 0.6 is 0 Å². The summed E-state index contributed by atoms with van der Waals surface area (Å²) in [5.41, 5.74) is 5.12. The van der Waals surface area contributed by atoms with Crippen molar-refractivity contribution in [2.75, 3.05) is 6.61 Å². The first kappa shape index (κ1) is 20.9. The highest BCUT2D eigenvalue weighted by molar-refractivity contribution is 5.99. The third kappa shape index (κ3) is 5.05. The van der Waals surface area contributed by atoms with Crippen LogP contribution in [0, 0.1) is 6.92 Å². The van der Waals surface area contributed by atoms with Gasteiger partial charge in [-0.25, -0.2) is 9.48 Å². The standard InChI is InChI=1S/C26H21N3O3/c1-19-7-10-21(11-8-19)24-17-27-28-29(24)23-14-12-22(13-15-23)25(30)18-32-26(31)16-9-20-5-3-2-4-6-20/h2-17H,18H2,1H3. The third-order valence-electron chi connectivity index (χ3n) is 4.89. The van der Waals surface area contributed by atoms with Gasteiger partial charge in [0.2, 0.25) is 0 Å². The largest absolute Gasteiger partial charge is 0.454 e. The summed E-state index contributed by atoms with van der Waals surface area (Å²) in [5.74, 6) is -0.848. The smallest absolute Gasteiger partial charge is 0.331 e. The molecule has 0 spiro atoms. The number of ether oxygens (including phenoxy) is 1. The number of aryl methyl sites for hydroxylation is 1. The molecule has 0 aliphatic carbocycles. The van der Waals surface area contributed by atoms with Crippen molar-refractivity contribution in [3.8, 4) is 16.9 Å². The second-order valence-corrected chi connectivity index (χ2v) is 7.22. The zero-order valence-electron chi connectivity index (χ0n) is 17.5. The first-order chi connectivity index (χ1) is 15.6. The molecule has 32 heavy (non-hydrogen) atoms. The lowest BCUT2D eigenvalue weighted by Gasteiger charge is -2.08. The van der Waals surface area contributed by atoms with Crippen LogP contribution in [0.5, 0.6) is 0 Å². The van der Waals surface area contributed by atoms with Crippen molar-refractivity contribution in [1.29, 1.82) is 0 Å². The summed E-state index contributed by atoms with van der Waals surface area (Å²) in [7, 11) is 0. The molecule has 1 aromatic heterocycles. The molecule has 0 fully saturated rings. The zero-order chi connectivity index (χ0) is 22.3. The Morgan fingerprint density at radius 1 is 0.938 bits per heavy atom. The maximum absolute atomic E-state index is 12.4. The van der Waals surface area contributed by atoms with Crippen molar-refractivity contribution in [2.24, 2.45) is 0 Å². The lowest BCUT2D eigenvalue weighted by Crippen LogP contribution is -2.12. The van der Waals surface area contributed by atoms with Crippen molar-refractivity contribution >= 4 is 17.8 Å². The molecule has 0 bridgehead atoms. The predicted octanol–water partition coefficient (Wildman–Crippen LogP) is 4.68. The Labute approximate surface area is 185 Å². The van der Waals surface area contributed by atoms with E-state index >= 15 is 0 Å². The molecule has 0 saturated heterocycles. The number of esters is 1. The SMILES string of the molecule is Cc1ccc(-c2cnnn2-c2ccc(C(=O)COC(=O)C=Cc3ccccc3)cc2)cc1. The van der Waals surface area contributed by atoms with Crippen molar-refractivity contribution in [3.05, 3.63) is 108 Å². The number of carbonyl (C=O) groups is 2. The van der Waals surface area contributed by atoms with E-state index in [2.05, 4.69) is 10.3 Å². The highest BCUT2D eigenvalue weighted by atomic mass is 16.5. The van der Waals surface area contributed by atoms with E-state index in [1.54, 1.807) is 41.2 Å². The summed E-state index contributed by atoms with van der Waals surface area (Å²) in [4.78, 5) is 24.3. The van der Waals surface area contributed by atoms with Gasteiger partial charge in [0.05, 0.1) is 17.6 Å². The number of hydrogen-bond acceptors (Lipinski definition) is 5. The number of carbonyl (C=O) groups excluding carboxylic acids is 2. The van der Waals surface area contributed by atoms with Crippen LogP contribution in [0.4, 0.5) is 0 Å². The van der Waals surface area contributed by atoms with Gasteiger partial charge in [0, 0.05) is 17.2 Å². The molecule has 0 atom stereocenters. The molecule has 0 saturated carbocycles. The summed E-state index contributed by atoms with van der Waals surface area (Å²) < 4.78 is 6.78. The van der Waals surface area contributed by atoms with Crippen molar-refractivity contribution < 1.29 is 14.3 Å². The van der Waals surface area contributed by atoms with Crippen molar-refractivity contribution in [1.82, 2.24) is 15.0 Å². The molecule has 4 rings (SSSR count). The van der Waals surface area contributed by atoms with E-state index in [0.29, 0.717) is 5.56 Å². The van der Waals surface area contributed by atoms with Crippen LogP contribution in [0.3, 0.4) is 0 Å². The summed E-state index contributed by atoms with van der Waals surface area (Å²) in [6.07, 6.45) is 4.65. The normalized spacial score (nSPS) is 10.9.